The summed E-state index contributed by atoms with van der Waals surface area (Å²) in [7, 11) is -5.61. The van der Waals surface area contributed by atoms with Gasteiger partial charge in [-0.25, -0.2) is 13.4 Å². The third-order valence-electron chi connectivity index (χ3n) is 5.70. The molecule has 3 aromatic rings. The lowest BCUT2D eigenvalue weighted by Crippen LogP contribution is -2.62. The second-order valence-corrected chi connectivity index (χ2v) is 19.3. The molecule has 1 aliphatic rings. The number of sulfonamides is 1. The zero-order valence-electron chi connectivity index (χ0n) is 20.3. The summed E-state index contributed by atoms with van der Waals surface area (Å²) in [5.41, 5.74) is -0.729. The van der Waals surface area contributed by atoms with Crippen molar-refractivity contribution in [2.75, 3.05) is 26.6 Å². The largest absolute Gasteiger partial charge is 0.445 e. The van der Waals surface area contributed by atoms with Crippen LogP contribution in [-0.4, -0.2) is 72.5 Å². The first kappa shape index (κ1) is 28.7. The molecule has 4 rings (SSSR count). The number of halogens is 5. The molecular formula is C20H24Cl2F3N5O4S2Si. The standard InChI is InChI=1S/C20H24Cl2F3N5O4S2Si/c1-19(9-34-10-19)30(11-33-5-6-37(2,3)4)36(31,32)12-7-13(21)14-15(22)26-16(29(14)8-12)17-27-28-18(35-17)20(23,24)25/h7-8H,5-6,9-11H2,1-4H3. The van der Waals surface area contributed by atoms with Crippen LogP contribution < -0.4 is 0 Å². The first-order valence-electron chi connectivity index (χ1n) is 11.0. The van der Waals surface area contributed by atoms with Crippen LogP contribution in [0.4, 0.5) is 13.2 Å². The normalized spacial score (nSPS) is 16.5. The van der Waals surface area contributed by atoms with Gasteiger partial charge < -0.3 is 9.47 Å². The average Bonchev–Trinajstić information content (AvgIpc) is 3.36. The van der Waals surface area contributed by atoms with E-state index in [4.69, 9.17) is 32.7 Å². The molecule has 0 bridgehead atoms. The summed E-state index contributed by atoms with van der Waals surface area (Å²) in [6, 6.07) is 2.08. The van der Waals surface area contributed by atoms with Crippen LogP contribution in [0.25, 0.3) is 16.3 Å². The maximum atomic E-state index is 13.8. The van der Waals surface area contributed by atoms with Crippen LogP contribution >= 0.6 is 34.5 Å². The third-order valence-corrected chi connectivity index (χ3v) is 10.9. The summed E-state index contributed by atoms with van der Waals surface area (Å²) in [6.07, 6.45) is -3.49. The van der Waals surface area contributed by atoms with E-state index in [1.807, 2.05) is 0 Å². The van der Waals surface area contributed by atoms with E-state index < -0.39 is 34.8 Å². The molecule has 1 fully saturated rings. The highest BCUT2D eigenvalue weighted by Gasteiger charge is 2.47. The monoisotopic (exact) mass is 617 g/mol. The van der Waals surface area contributed by atoms with E-state index in [1.165, 1.54) is 21.0 Å². The van der Waals surface area contributed by atoms with Gasteiger partial charge in [0.15, 0.2) is 16.0 Å². The molecule has 0 unspecified atom stereocenters. The fraction of sp³-hybridized carbons (Fsp3) is 0.550. The van der Waals surface area contributed by atoms with Gasteiger partial charge in [-0.15, -0.1) is 10.2 Å². The van der Waals surface area contributed by atoms with Gasteiger partial charge in [-0.05, 0) is 19.0 Å². The fourth-order valence-electron chi connectivity index (χ4n) is 3.53. The molecule has 37 heavy (non-hydrogen) atoms. The molecule has 0 amide bonds. The van der Waals surface area contributed by atoms with Crippen LogP contribution in [-0.2, 0) is 25.7 Å². The lowest BCUT2D eigenvalue weighted by molar-refractivity contribution is -0.138. The smallest absolute Gasteiger partial charge is 0.377 e. The lowest BCUT2D eigenvalue weighted by Gasteiger charge is -2.45. The Balaban J connectivity index is 1.75. The summed E-state index contributed by atoms with van der Waals surface area (Å²) in [5, 5.41) is 5.19. The fourth-order valence-corrected chi connectivity index (χ4v) is 7.33. The van der Waals surface area contributed by atoms with E-state index in [-0.39, 0.29) is 62.7 Å². The highest BCUT2D eigenvalue weighted by molar-refractivity contribution is 7.89. The molecule has 1 aliphatic heterocycles. The van der Waals surface area contributed by atoms with Gasteiger partial charge in [0.1, 0.15) is 17.1 Å². The summed E-state index contributed by atoms with van der Waals surface area (Å²) in [6.45, 7) is 8.85. The average molecular weight is 619 g/mol. The topological polar surface area (TPSA) is 98.9 Å². The molecular weight excluding hydrogens is 594 g/mol. The third kappa shape index (κ3) is 5.83. The maximum absolute atomic E-state index is 13.8. The highest BCUT2D eigenvalue weighted by Crippen LogP contribution is 2.38. The van der Waals surface area contributed by atoms with Crippen LogP contribution in [0.15, 0.2) is 17.2 Å². The Morgan fingerprint density at radius 2 is 1.95 bits per heavy atom. The van der Waals surface area contributed by atoms with E-state index in [9.17, 15) is 21.6 Å². The minimum Gasteiger partial charge on any atom is -0.377 e. The first-order chi connectivity index (χ1) is 17.0. The van der Waals surface area contributed by atoms with Crippen molar-refractivity contribution in [2.24, 2.45) is 0 Å². The molecule has 0 saturated carbocycles. The van der Waals surface area contributed by atoms with Gasteiger partial charge in [0.05, 0.1) is 23.8 Å². The van der Waals surface area contributed by atoms with Crippen molar-refractivity contribution in [2.45, 2.75) is 49.2 Å². The van der Waals surface area contributed by atoms with Crippen molar-refractivity contribution >= 4 is 58.2 Å². The van der Waals surface area contributed by atoms with Crippen LogP contribution in [0, 0.1) is 0 Å². The predicted octanol–water partition coefficient (Wildman–Crippen LogP) is 5.27. The zero-order chi connectivity index (χ0) is 27.4. The van der Waals surface area contributed by atoms with Crippen LogP contribution in [0.5, 0.6) is 0 Å². The molecule has 9 nitrogen and oxygen atoms in total. The summed E-state index contributed by atoms with van der Waals surface area (Å²) >= 11 is 12.9. The van der Waals surface area contributed by atoms with Crippen LogP contribution in [0.2, 0.25) is 35.9 Å². The van der Waals surface area contributed by atoms with E-state index in [0.717, 1.165) is 6.04 Å². The molecule has 0 radical (unpaired) electrons. The lowest BCUT2D eigenvalue weighted by atomic mass is 10.0. The summed E-state index contributed by atoms with van der Waals surface area (Å²) < 4.78 is 80.4. The number of pyridine rings is 1. The Hall–Kier alpha value is -1.33. The molecule has 3 aromatic heterocycles. The van der Waals surface area contributed by atoms with E-state index in [1.54, 1.807) is 6.92 Å². The van der Waals surface area contributed by atoms with Gasteiger partial charge in [0.25, 0.3) is 0 Å². The number of imidazole rings is 1. The Bertz CT molecular complexity index is 1420. The summed E-state index contributed by atoms with van der Waals surface area (Å²) in [4.78, 5) is 3.86. The number of alkyl halides is 3. The van der Waals surface area contributed by atoms with Gasteiger partial charge in [0, 0.05) is 20.9 Å². The first-order valence-corrected chi connectivity index (χ1v) is 17.7. The highest BCUT2D eigenvalue weighted by atomic mass is 35.5. The van der Waals surface area contributed by atoms with Crippen molar-refractivity contribution in [1.29, 1.82) is 0 Å². The Kier molecular flexibility index (Phi) is 7.75. The SMILES string of the molecule is CC1(N(COCC[Si](C)(C)C)S(=O)(=O)c2cc(Cl)c3c(Cl)nc(-c4nnc(C(F)(F)F)s4)n3c2)COC1. The molecule has 0 aliphatic carbocycles. The second kappa shape index (κ2) is 10.0. The van der Waals surface area contributed by atoms with E-state index in [2.05, 4.69) is 34.8 Å². The molecule has 0 N–H and O–H groups in total. The summed E-state index contributed by atoms with van der Waals surface area (Å²) in [5.74, 6) is -0.122. The number of rotatable bonds is 9. The molecule has 0 atom stereocenters. The van der Waals surface area contributed by atoms with Gasteiger partial charge in [-0.3, -0.25) is 4.40 Å². The molecule has 0 aromatic carbocycles. The van der Waals surface area contributed by atoms with Crippen LogP contribution in [0.1, 0.15) is 11.9 Å². The van der Waals surface area contributed by atoms with E-state index >= 15 is 0 Å². The minimum absolute atomic E-state index is 0.0556. The molecule has 1 saturated heterocycles. The quantitative estimate of drug-likeness (QED) is 0.183. The Labute approximate surface area is 226 Å². The van der Waals surface area contributed by atoms with Crippen molar-refractivity contribution in [3.63, 3.8) is 0 Å². The molecule has 17 heteroatoms. The van der Waals surface area contributed by atoms with Crippen molar-refractivity contribution in [3.8, 4) is 10.8 Å². The van der Waals surface area contributed by atoms with Crippen molar-refractivity contribution in [1.82, 2.24) is 23.9 Å². The van der Waals surface area contributed by atoms with Crippen molar-refractivity contribution in [3.05, 3.63) is 27.4 Å². The predicted molar refractivity (Wildman–Crippen MR) is 136 cm³/mol. The molecule has 4 heterocycles. The second-order valence-electron chi connectivity index (χ2n) is 10.1. The van der Waals surface area contributed by atoms with Gasteiger partial charge in [-0.2, -0.15) is 17.5 Å². The van der Waals surface area contributed by atoms with E-state index in [0.29, 0.717) is 6.61 Å². The number of aromatic nitrogens is 4. The maximum Gasteiger partial charge on any atom is 0.445 e. The number of fused-ring (bicyclic) bond motifs is 1. The number of nitrogens with zero attached hydrogens (tertiary/aromatic N) is 5. The van der Waals surface area contributed by atoms with Crippen molar-refractivity contribution < 1.29 is 31.1 Å². The van der Waals surface area contributed by atoms with Gasteiger partial charge in [0.2, 0.25) is 15.0 Å². The van der Waals surface area contributed by atoms with Gasteiger partial charge >= 0.3 is 6.18 Å². The molecule has 0 spiro atoms. The molecule has 204 valence electrons. The minimum atomic E-state index is -4.70. The number of hydrogen-bond donors (Lipinski definition) is 0. The Morgan fingerprint density at radius 1 is 1.27 bits per heavy atom. The van der Waals surface area contributed by atoms with Crippen LogP contribution in [0.3, 0.4) is 0 Å². The zero-order valence-corrected chi connectivity index (χ0v) is 24.4. The number of ether oxygens (including phenoxy) is 2. The Morgan fingerprint density at radius 3 is 2.49 bits per heavy atom. The van der Waals surface area contributed by atoms with Gasteiger partial charge in [-0.1, -0.05) is 54.2 Å². The number of hydrogen-bond acceptors (Lipinski definition) is 8.